The molecular formula is C30H48N2O4. The minimum atomic E-state index is -0.748. The number of carbonyl (C=O) groups is 2. The molecular weight excluding hydrogens is 452 g/mol. The Labute approximate surface area is 217 Å². The molecule has 0 radical (unpaired) electrons. The van der Waals surface area contributed by atoms with Crippen molar-refractivity contribution in [2.24, 2.45) is 34.5 Å². The summed E-state index contributed by atoms with van der Waals surface area (Å²) in [5, 5.41) is 14.4. The fraction of sp³-hybridized carbons (Fsp3) is 0.800. The Bertz CT molecular complexity index is 941. The summed E-state index contributed by atoms with van der Waals surface area (Å²) in [5.41, 5.74) is 2.31. The first-order valence-electron chi connectivity index (χ1n) is 14.0. The van der Waals surface area contributed by atoms with Gasteiger partial charge in [0.2, 0.25) is 5.91 Å². The fourth-order valence-corrected chi connectivity index (χ4v) is 8.82. The predicted octanol–water partition coefficient (Wildman–Crippen LogP) is 4.48. The van der Waals surface area contributed by atoms with Crippen molar-refractivity contribution < 1.29 is 19.4 Å². The molecule has 6 nitrogen and oxygen atoms in total. The lowest BCUT2D eigenvalue weighted by Gasteiger charge is -2.63. The van der Waals surface area contributed by atoms with Gasteiger partial charge in [-0.1, -0.05) is 31.6 Å². The maximum atomic E-state index is 12.7. The highest BCUT2D eigenvalue weighted by Crippen LogP contribution is 2.67. The van der Waals surface area contributed by atoms with Gasteiger partial charge in [0.05, 0.1) is 12.1 Å². The van der Waals surface area contributed by atoms with Gasteiger partial charge in [0, 0.05) is 24.5 Å². The van der Waals surface area contributed by atoms with Gasteiger partial charge in [0.1, 0.15) is 6.10 Å². The summed E-state index contributed by atoms with van der Waals surface area (Å²) in [6, 6.07) is -0.140. The highest BCUT2D eigenvalue weighted by atomic mass is 16.5. The van der Waals surface area contributed by atoms with Gasteiger partial charge in [0.25, 0.3) is 0 Å². The Morgan fingerprint density at radius 1 is 1.17 bits per heavy atom. The maximum Gasteiger partial charge on any atom is 0.302 e. The van der Waals surface area contributed by atoms with Crippen LogP contribution in [0.1, 0.15) is 80.1 Å². The Morgan fingerprint density at radius 3 is 2.47 bits per heavy atom. The van der Waals surface area contributed by atoms with Crippen molar-refractivity contribution in [3.63, 3.8) is 0 Å². The average Bonchev–Trinajstić information content (AvgIpc) is 3.16. The number of aliphatic hydroxyl groups is 1. The number of fused-ring (bicyclic) bond motifs is 5. The van der Waals surface area contributed by atoms with Crippen LogP contribution in [0.3, 0.4) is 0 Å². The SMILES string of the molecule is CC=C(C)C(=O)NC1C(O)CC2(C)C3CCC4(C)C(C(C)N(C)C)=CCC4C3CCC2C1OC(C)=O. The first-order valence-corrected chi connectivity index (χ1v) is 14.0. The number of esters is 1. The van der Waals surface area contributed by atoms with Crippen molar-refractivity contribution in [3.8, 4) is 0 Å². The monoisotopic (exact) mass is 500 g/mol. The van der Waals surface area contributed by atoms with E-state index in [2.05, 4.69) is 51.2 Å². The third-order valence-corrected chi connectivity index (χ3v) is 11.0. The van der Waals surface area contributed by atoms with Crippen molar-refractivity contribution in [2.45, 2.75) is 104 Å². The molecule has 0 aromatic heterocycles. The topological polar surface area (TPSA) is 78.9 Å². The van der Waals surface area contributed by atoms with Crippen molar-refractivity contribution in [2.75, 3.05) is 14.1 Å². The first kappa shape index (κ1) is 27.4. The van der Waals surface area contributed by atoms with E-state index < -0.39 is 18.2 Å². The van der Waals surface area contributed by atoms with E-state index in [1.807, 2.05) is 6.92 Å². The normalized spacial score (nSPS) is 43.1. The molecule has 0 aliphatic heterocycles. The third kappa shape index (κ3) is 4.36. The van der Waals surface area contributed by atoms with Crippen LogP contribution in [0.5, 0.6) is 0 Å². The van der Waals surface area contributed by atoms with E-state index in [1.165, 1.54) is 13.3 Å². The van der Waals surface area contributed by atoms with Crippen molar-refractivity contribution >= 4 is 11.9 Å². The van der Waals surface area contributed by atoms with E-state index in [-0.39, 0.29) is 28.6 Å². The van der Waals surface area contributed by atoms with Gasteiger partial charge in [-0.3, -0.25) is 9.59 Å². The number of likely N-dealkylation sites (N-methyl/N-ethyl adjacent to an activating group) is 1. The van der Waals surface area contributed by atoms with E-state index >= 15 is 0 Å². The molecule has 0 heterocycles. The smallest absolute Gasteiger partial charge is 0.302 e. The van der Waals surface area contributed by atoms with Crippen molar-refractivity contribution in [1.29, 1.82) is 0 Å². The second-order valence-electron chi connectivity index (χ2n) is 12.9. The lowest BCUT2D eigenvalue weighted by Crippen LogP contribution is -2.66. The molecule has 4 rings (SSSR count). The fourth-order valence-electron chi connectivity index (χ4n) is 8.82. The minimum Gasteiger partial charge on any atom is -0.460 e. The van der Waals surface area contributed by atoms with Crippen molar-refractivity contribution in [1.82, 2.24) is 10.2 Å². The number of carbonyl (C=O) groups excluding carboxylic acids is 2. The minimum absolute atomic E-state index is 0.126. The van der Waals surface area contributed by atoms with E-state index in [0.717, 1.165) is 25.7 Å². The average molecular weight is 501 g/mol. The van der Waals surface area contributed by atoms with E-state index in [1.54, 1.807) is 18.6 Å². The molecule has 0 aromatic rings. The van der Waals surface area contributed by atoms with Gasteiger partial charge in [-0.25, -0.2) is 0 Å². The summed E-state index contributed by atoms with van der Waals surface area (Å²) < 4.78 is 5.94. The first-order chi connectivity index (χ1) is 16.8. The number of nitrogens with zero attached hydrogens (tertiary/aromatic N) is 1. The molecule has 0 aromatic carbocycles. The molecule has 10 atom stereocenters. The largest absolute Gasteiger partial charge is 0.460 e. The van der Waals surface area contributed by atoms with Gasteiger partial charge in [-0.2, -0.15) is 0 Å². The van der Waals surface area contributed by atoms with Crippen molar-refractivity contribution in [3.05, 3.63) is 23.3 Å². The van der Waals surface area contributed by atoms with Crippen LogP contribution in [0.25, 0.3) is 0 Å². The molecule has 0 bridgehead atoms. The summed E-state index contributed by atoms with van der Waals surface area (Å²) in [6.07, 6.45) is 9.19. The van der Waals surface area contributed by atoms with Gasteiger partial charge in [-0.15, -0.1) is 0 Å². The van der Waals surface area contributed by atoms with Gasteiger partial charge < -0.3 is 20.1 Å². The van der Waals surface area contributed by atoms with E-state index in [4.69, 9.17) is 4.74 Å². The van der Waals surface area contributed by atoms with Crippen LogP contribution in [-0.2, 0) is 14.3 Å². The van der Waals surface area contributed by atoms with Crippen LogP contribution in [0.4, 0.5) is 0 Å². The molecule has 4 aliphatic carbocycles. The van der Waals surface area contributed by atoms with Crippen LogP contribution in [0.2, 0.25) is 0 Å². The number of ether oxygens (including phenoxy) is 1. The molecule has 0 spiro atoms. The lowest BCUT2D eigenvalue weighted by atomic mass is 9.43. The number of nitrogens with one attached hydrogen (secondary N) is 1. The summed E-state index contributed by atoms with van der Waals surface area (Å²) in [6.45, 7) is 12.2. The molecule has 4 aliphatic rings. The molecule has 202 valence electrons. The quantitative estimate of drug-likeness (QED) is 0.331. The molecule has 2 N–H and O–H groups in total. The second-order valence-corrected chi connectivity index (χ2v) is 12.9. The number of allylic oxidation sites excluding steroid dienone is 2. The lowest BCUT2D eigenvalue weighted by molar-refractivity contribution is -0.194. The molecule has 10 unspecified atom stereocenters. The number of rotatable bonds is 5. The van der Waals surface area contributed by atoms with Crippen LogP contribution in [0.15, 0.2) is 23.3 Å². The molecule has 3 fully saturated rings. The molecule has 36 heavy (non-hydrogen) atoms. The Morgan fingerprint density at radius 2 is 1.86 bits per heavy atom. The number of aliphatic hydroxyl groups excluding tert-OH is 1. The zero-order valence-corrected chi connectivity index (χ0v) is 23.6. The number of hydrogen-bond donors (Lipinski definition) is 2. The zero-order valence-electron chi connectivity index (χ0n) is 23.6. The van der Waals surface area contributed by atoms with Crippen LogP contribution >= 0.6 is 0 Å². The molecule has 3 saturated carbocycles. The van der Waals surface area contributed by atoms with E-state index in [9.17, 15) is 14.7 Å². The maximum absolute atomic E-state index is 12.7. The Hall–Kier alpha value is -1.66. The summed E-state index contributed by atoms with van der Waals surface area (Å²) in [4.78, 5) is 27.3. The number of hydrogen-bond acceptors (Lipinski definition) is 5. The zero-order chi connectivity index (χ0) is 26.6. The van der Waals surface area contributed by atoms with Crippen LogP contribution in [0, 0.1) is 34.5 Å². The Kier molecular flexibility index (Phi) is 7.53. The van der Waals surface area contributed by atoms with E-state index in [0.29, 0.717) is 35.8 Å². The number of amides is 1. The highest BCUT2D eigenvalue weighted by Gasteiger charge is 2.63. The van der Waals surface area contributed by atoms with Gasteiger partial charge >= 0.3 is 5.97 Å². The third-order valence-electron chi connectivity index (χ3n) is 11.0. The summed E-state index contributed by atoms with van der Waals surface area (Å²) in [5.74, 6) is 1.29. The molecule has 1 amide bonds. The standard InChI is InChI=1S/C30H48N2O4/c1-9-17(2)28(35)31-26-25(34)16-30(6)23-14-15-29(5)21(18(3)32(7)8)12-13-22(29)20(23)10-11-24(30)27(26)36-19(4)33/h9,12,18,20,22-27,34H,10-11,13-16H2,1-8H3,(H,31,35). The summed E-state index contributed by atoms with van der Waals surface area (Å²) in [7, 11) is 4.34. The second kappa shape index (κ2) is 9.90. The van der Waals surface area contributed by atoms with Gasteiger partial charge in [-0.05, 0) is 102 Å². The molecule has 6 heteroatoms. The van der Waals surface area contributed by atoms with Crippen LogP contribution in [-0.4, -0.2) is 60.3 Å². The van der Waals surface area contributed by atoms with Gasteiger partial charge in [0.15, 0.2) is 0 Å². The predicted molar refractivity (Wildman–Crippen MR) is 142 cm³/mol. The summed E-state index contributed by atoms with van der Waals surface area (Å²) >= 11 is 0. The highest BCUT2D eigenvalue weighted by molar-refractivity contribution is 5.93. The van der Waals surface area contributed by atoms with Crippen LogP contribution < -0.4 is 5.32 Å². The Balaban J connectivity index is 1.62. The molecule has 0 saturated heterocycles.